The summed E-state index contributed by atoms with van der Waals surface area (Å²) in [6.07, 6.45) is 29.0. The van der Waals surface area contributed by atoms with Crippen LogP contribution in [0.3, 0.4) is 0 Å². The van der Waals surface area contributed by atoms with Crippen LogP contribution in [-0.4, -0.2) is 23.3 Å². The van der Waals surface area contributed by atoms with Gasteiger partial charge in [0.05, 0.1) is 6.10 Å². The zero-order valence-corrected chi connectivity index (χ0v) is 21.7. The lowest BCUT2D eigenvalue weighted by Crippen LogP contribution is -2.17. The van der Waals surface area contributed by atoms with Gasteiger partial charge in [-0.25, -0.2) is 0 Å². The van der Waals surface area contributed by atoms with Gasteiger partial charge in [0.1, 0.15) is 6.10 Å². The third kappa shape index (κ3) is 22.1. The second-order valence-corrected chi connectivity index (χ2v) is 9.28. The Kier molecular flexibility index (Phi) is 23.7. The molecular weight excluding hydrogens is 396 g/mol. The Labute approximate surface area is 200 Å². The van der Waals surface area contributed by atoms with Crippen molar-refractivity contribution in [1.82, 2.24) is 0 Å². The molecule has 2 unspecified atom stereocenters. The average Bonchev–Trinajstić information content (AvgIpc) is 2.79. The molecule has 0 amide bonds. The molecule has 2 atom stereocenters. The molecule has 0 heterocycles. The van der Waals surface area contributed by atoms with Crippen molar-refractivity contribution >= 4 is 5.97 Å². The SMILES string of the molecule is CC=CCC(CCCCCC)OC(=O)CCCCCCCC=CCC(O)CCCCCC. The van der Waals surface area contributed by atoms with Crippen LogP contribution < -0.4 is 0 Å². The van der Waals surface area contributed by atoms with Crippen LogP contribution >= 0.6 is 0 Å². The molecule has 0 fully saturated rings. The van der Waals surface area contributed by atoms with Crippen LogP contribution in [0.15, 0.2) is 24.3 Å². The summed E-state index contributed by atoms with van der Waals surface area (Å²) >= 11 is 0. The van der Waals surface area contributed by atoms with Crippen molar-refractivity contribution < 1.29 is 14.6 Å². The second-order valence-electron chi connectivity index (χ2n) is 9.28. The van der Waals surface area contributed by atoms with Crippen LogP contribution in [0.4, 0.5) is 0 Å². The van der Waals surface area contributed by atoms with Gasteiger partial charge in [-0.2, -0.15) is 0 Å². The van der Waals surface area contributed by atoms with Gasteiger partial charge in [-0.15, -0.1) is 0 Å². The van der Waals surface area contributed by atoms with Gasteiger partial charge in [0.25, 0.3) is 0 Å². The van der Waals surface area contributed by atoms with E-state index in [0.29, 0.717) is 6.42 Å². The minimum absolute atomic E-state index is 0.0221. The van der Waals surface area contributed by atoms with Crippen molar-refractivity contribution in [3.63, 3.8) is 0 Å². The van der Waals surface area contributed by atoms with Crippen molar-refractivity contribution in [1.29, 1.82) is 0 Å². The zero-order chi connectivity index (χ0) is 23.7. The van der Waals surface area contributed by atoms with E-state index in [2.05, 4.69) is 32.1 Å². The maximum atomic E-state index is 12.2. The first-order chi connectivity index (χ1) is 15.6. The van der Waals surface area contributed by atoms with Gasteiger partial charge in [0.15, 0.2) is 0 Å². The van der Waals surface area contributed by atoms with Gasteiger partial charge < -0.3 is 9.84 Å². The molecule has 32 heavy (non-hydrogen) atoms. The number of ether oxygens (including phenoxy) is 1. The summed E-state index contributed by atoms with van der Waals surface area (Å²) in [5.74, 6) is -0.0221. The molecular formula is C29H54O3. The molecule has 0 aromatic heterocycles. The predicted octanol–water partition coefficient (Wildman–Crippen LogP) is 8.84. The van der Waals surface area contributed by atoms with E-state index in [1.807, 2.05) is 13.0 Å². The topological polar surface area (TPSA) is 46.5 Å². The molecule has 0 bridgehead atoms. The largest absolute Gasteiger partial charge is 0.462 e. The lowest BCUT2D eigenvalue weighted by Gasteiger charge is -2.16. The molecule has 0 saturated carbocycles. The fraction of sp³-hybridized carbons (Fsp3) is 0.828. The van der Waals surface area contributed by atoms with Gasteiger partial charge in [-0.3, -0.25) is 4.79 Å². The normalized spacial score (nSPS) is 13.8. The van der Waals surface area contributed by atoms with Crippen molar-refractivity contribution in [2.75, 3.05) is 0 Å². The first-order valence-corrected chi connectivity index (χ1v) is 13.8. The molecule has 0 aliphatic heterocycles. The number of hydrogen-bond acceptors (Lipinski definition) is 3. The maximum absolute atomic E-state index is 12.2. The Morgan fingerprint density at radius 3 is 2.06 bits per heavy atom. The number of carbonyl (C=O) groups is 1. The lowest BCUT2D eigenvalue weighted by atomic mass is 10.1. The van der Waals surface area contributed by atoms with Gasteiger partial charge in [0.2, 0.25) is 0 Å². The summed E-state index contributed by atoms with van der Waals surface area (Å²) in [6.45, 7) is 6.45. The Hall–Kier alpha value is -1.09. The highest BCUT2D eigenvalue weighted by Gasteiger charge is 2.12. The number of hydrogen-bond donors (Lipinski definition) is 1. The van der Waals surface area contributed by atoms with Crippen molar-refractivity contribution in [2.45, 2.75) is 155 Å². The summed E-state index contributed by atoms with van der Waals surface area (Å²) in [7, 11) is 0. The summed E-state index contributed by atoms with van der Waals surface area (Å²) < 4.78 is 5.74. The van der Waals surface area contributed by atoms with Crippen LogP contribution in [0.5, 0.6) is 0 Å². The van der Waals surface area contributed by atoms with Crippen LogP contribution in [0.1, 0.15) is 143 Å². The molecule has 1 N–H and O–H groups in total. The highest BCUT2D eigenvalue weighted by atomic mass is 16.5. The Balaban J connectivity index is 3.69. The van der Waals surface area contributed by atoms with Gasteiger partial charge in [-0.05, 0) is 51.9 Å². The summed E-state index contributed by atoms with van der Waals surface area (Å²) in [5, 5.41) is 9.96. The van der Waals surface area contributed by atoms with E-state index in [4.69, 9.17) is 4.74 Å². The zero-order valence-electron chi connectivity index (χ0n) is 21.7. The molecule has 0 aromatic rings. The van der Waals surface area contributed by atoms with E-state index >= 15 is 0 Å². The van der Waals surface area contributed by atoms with Gasteiger partial charge in [0, 0.05) is 12.8 Å². The summed E-state index contributed by atoms with van der Waals surface area (Å²) in [6, 6.07) is 0. The van der Waals surface area contributed by atoms with E-state index in [0.717, 1.165) is 57.8 Å². The molecule has 0 rings (SSSR count). The maximum Gasteiger partial charge on any atom is 0.306 e. The molecule has 0 aromatic carbocycles. The number of aliphatic hydroxyl groups is 1. The average molecular weight is 451 g/mol. The highest BCUT2D eigenvalue weighted by molar-refractivity contribution is 5.69. The Morgan fingerprint density at radius 1 is 0.750 bits per heavy atom. The molecule has 188 valence electrons. The number of carbonyl (C=O) groups excluding carboxylic acids is 1. The fourth-order valence-electron chi connectivity index (χ4n) is 3.91. The molecule has 0 spiro atoms. The van der Waals surface area contributed by atoms with E-state index in [1.54, 1.807) is 0 Å². The molecule has 0 aliphatic rings. The predicted molar refractivity (Wildman–Crippen MR) is 139 cm³/mol. The Bertz CT molecular complexity index is 455. The third-order valence-corrected chi connectivity index (χ3v) is 6.03. The molecule has 0 saturated heterocycles. The molecule has 3 nitrogen and oxygen atoms in total. The van der Waals surface area contributed by atoms with E-state index in [-0.39, 0.29) is 18.2 Å². The fourth-order valence-corrected chi connectivity index (χ4v) is 3.91. The molecule has 0 aliphatic carbocycles. The summed E-state index contributed by atoms with van der Waals surface area (Å²) in [5.41, 5.74) is 0. The van der Waals surface area contributed by atoms with Crippen molar-refractivity contribution in [2.24, 2.45) is 0 Å². The highest BCUT2D eigenvalue weighted by Crippen LogP contribution is 2.15. The minimum atomic E-state index is -0.170. The van der Waals surface area contributed by atoms with E-state index < -0.39 is 0 Å². The quantitative estimate of drug-likeness (QED) is 0.0960. The first-order valence-electron chi connectivity index (χ1n) is 13.8. The monoisotopic (exact) mass is 450 g/mol. The number of aliphatic hydroxyl groups excluding tert-OH is 1. The lowest BCUT2D eigenvalue weighted by molar-refractivity contribution is -0.149. The Morgan fingerprint density at radius 2 is 1.38 bits per heavy atom. The van der Waals surface area contributed by atoms with E-state index in [1.165, 1.54) is 57.8 Å². The second kappa shape index (κ2) is 24.6. The number of esters is 1. The number of unbranched alkanes of at least 4 members (excludes halogenated alkanes) is 11. The van der Waals surface area contributed by atoms with Gasteiger partial charge in [-0.1, -0.05) is 102 Å². The van der Waals surface area contributed by atoms with E-state index in [9.17, 15) is 9.90 Å². The van der Waals surface area contributed by atoms with Crippen LogP contribution in [0.2, 0.25) is 0 Å². The standard InChI is InChI=1S/C29H54O3/c1-4-7-10-18-22-27(30)23-19-16-14-12-13-15-17-21-26-29(31)32-28(24-9-6-3)25-20-11-8-5-2/h6,9,16,19,27-28,30H,4-5,7-8,10-15,17-18,20-26H2,1-3H3. The number of rotatable bonds is 23. The van der Waals surface area contributed by atoms with Crippen molar-refractivity contribution in [3.05, 3.63) is 24.3 Å². The molecule has 0 radical (unpaired) electrons. The van der Waals surface area contributed by atoms with Crippen molar-refractivity contribution in [3.8, 4) is 0 Å². The third-order valence-electron chi connectivity index (χ3n) is 6.03. The van der Waals surface area contributed by atoms with Crippen LogP contribution in [0, 0.1) is 0 Å². The first kappa shape index (κ1) is 30.9. The summed E-state index contributed by atoms with van der Waals surface area (Å²) in [4.78, 5) is 12.2. The van der Waals surface area contributed by atoms with Crippen LogP contribution in [0.25, 0.3) is 0 Å². The molecule has 3 heteroatoms. The minimum Gasteiger partial charge on any atom is -0.462 e. The van der Waals surface area contributed by atoms with Gasteiger partial charge >= 0.3 is 5.97 Å². The number of allylic oxidation sites excluding steroid dienone is 2. The smallest absolute Gasteiger partial charge is 0.306 e. The van der Waals surface area contributed by atoms with Crippen LogP contribution in [-0.2, 0) is 9.53 Å².